The number of aromatic amines is 1. The maximum absolute atomic E-state index is 13.5. The minimum atomic E-state index is -0.668. The van der Waals surface area contributed by atoms with Crippen molar-refractivity contribution in [2.24, 2.45) is 0 Å². The van der Waals surface area contributed by atoms with Crippen LogP contribution in [0.1, 0.15) is 65.3 Å². The Labute approximate surface area is 185 Å². The molecule has 166 valence electrons. The topological polar surface area (TPSA) is 114 Å². The summed E-state index contributed by atoms with van der Waals surface area (Å²) >= 11 is 0. The van der Waals surface area contributed by atoms with E-state index in [0.717, 1.165) is 11.1 Å². The maximum atomic E-state index is 13.5. The van der Waals surface area contributed by atoms with E-state index < -0.39 is 17.0 Å². The number of hydrogen-bond donors (Lipinski definition) is 2. The third-order valence-corrected chi connectivity index (χ3v) is 4.97. The molecule has 0 saturated heterocycles. The van der Waals surface area contributed by atoms with Gasteiger partial charge in [-0.1, -0.05) is 26.0 Å². The zero-order chi connectivity index (χ0) is 23.6. The van der Waals surface area contributed by atoms with Crippen molar-refractivity contribution in [3.05, 3.63) is 91.0 Å². The van der Waals surface area contributed by atoms with Gasteiger partial charge in [-0.05, 0) is 55.2 Å². The van der Waals surface area contributed by atoms with Crippen molar-refractivity contribution in [3.63, 3.8) is 0 Å². The third-order valence-electron chi connectivity index (χ3n) is 4.97. The van der Waals surface area contributed by atoms with Crippen LogP contribution in [0.3, 0.4) is 0 Å². The fourth-order valence-electron chi connectivity index (χ4n) is 3.68. The first-order valence-electron chi connectivity index (χ1n) is 10.3. The van der Waals surface area contributed by atoms with Crippen LogP contribution in [0.2, 0.25) is 0 Å². The van der Waals surface area contributed by atoms with Gasteiger partial charge in [-0.15, -0.1) is 0 Å². The van der Waals surface area contributed by atoms with Gasteiger partial charge in [-0.3, -0.25) is 23.9 Å². The fourth-order valence-corrected chi connectivity index (χ4v) is 3.68. The Morgan fingerprint density at radius 2 is 1.75 bits per heavy atom. The predicted molar refractivity (Wildman–Crippen MR) is 122 cm³/mol. The first-order valence-corrected chi connectivity index (χ1v) is 10.3. The summed E-state index contributed by atoms with van der Waals surface area (Å²) in [7, 11) is 0. The number of H-pyrrole nitrogens is 1. The van der Waals surface area contributed by atoms with E-state index >= 15 is 0 Å². The second kappa shape index (κ2) is 9.13. The van der Waals surface area contributed by atoms with Gasteiger partial charge < -0.3 is 5.32 Å². The van der Waals surface area contributed by atoms with Gasteiger partial charge in [0.2, 0.25) is 11.7 Å². The molecular weight excluding hydrogens is 408 g/mol. The molecule has 3 aromatic rings. The highest BCUT2D eigenvalue weighted by Crippen LogP contribution is 2.20. The molecule has 8 heteroatoms. The van der Waals surface area contributed by atoms with Crippen molar-refractivity contribution in [1.82, 2.24) is 14.5 Å². The molecule has 0 atom stereocenters. The summed E-state index contributed by atoms with van der Waals surface area (Å²) in [4.78, 5) is 56.9. The molecule has 0 unspecified atom stereocenters. The minimum absolute atomic E-state index is 0.0391. The van der Waals surface area contributed by atoms with Gasteiger partial charge in [-0.25, -0.2) is 9.78 Å². The summed E-state index contributed by atoms with van der Waals surface area (Å²) in [6.45, 7) is 8.73. The maximum Gasteiger partial charge on any atom is 0.329 e. The highest BCUT2D eigenvalue weighted by molar-refractivity contribution is 6.07. The van der Waals surface area contributed by atoms with Crippen LogP contribution in [0.4, 0.5) is 5.69 Å². The molecule has 2 aromatic heterocycles. The quantitative estimate of drug-likeness (QED) is 0.579. The number of nitrogens with one attached hydrogen (secondary N) is 2. The molecule has 2 N–H and O–H groups in total. The SMILES string of the molecule is CC(=O)Nc1ccc(Cn2c(C(=O)c3cc(C)cc(C)n3)c(C(C)C)c(=O)[nH]c2=O)cc1. The number of aromatic nitrogens is 3. The second-order valence-electron chi connectivity index (χ2n) is 8.14. The summed E-state index contributed by atoms with van der Waals surface area (Å²) in [6, 6.07) is 10.4. The summed E-state index contributed by atoms with van der Waals surface area (Å²) in [5, 5.41) is 2.68. The number of nitrogens with zero attached hydrogens (tertiary/aromatic N) is 2. The van der Waals surface area contributed by atoms with Crippen LogP contribution in [0, 0.1) is 13.8 Å². The number of hydrogen-bond acceptors (Lipinski definition) is 5. The van der Waals surface area contributed by atoms with E-state index in [1.54, 1.807) is 51.1 Å². The highest BCUT2D eigenvalue weighted by atomic mass is 16.2. The molecule has 0 saturated carbocycles. The number of aryl methyl sites for hydroxylation is 2. The molecular formula is C24H26N4O4. The Morgan fingerprint density at radius 3 is 2.31 bits per heavy atom. The molecule has 1 amide bonds. The normalized spacial score (nSPS) is 10.9. The summed E-state index contributed by atoms with van der Waals surface area (Å²) < 4.78 is 1.28. The fraction of sp³-hybridized carbons (Fsp3) is 0.292. The monoisotopic (exact) mass is 434 g/mol. The number of anilines is 1. The molecule has 0 bridgehead atoms. The molecule has 0 spiro atoms. The lowest BCUT2D eigenvalue weighted by Gasteiger charge is -2.17. The Bertz CT molecular complexity index is 1280. The van der Waals surface area contributed by atoms with Crippen LogP contribution in [0.5, 0.6) is 0 Å². The van der Waals surface area contributed by atoms with Crippen LogP contribution in [0.15, 0.2) is 46.0 Å². The molecule has 0 radical (unpaired) electrons. The third kappa shape index (κ3) is 4.91. The number of ketones is 1. The Kier molecular flexibility index (Phi) is 6.53. The number of amides is 1. The van der Waals surface area contributed by atoms with Gasteiger partial charge in [0.15, 0.2) is 0 Å². The van der Waals surface area contributed by atoms with Gasteiger partial charge in [0.1, 0.15) is 11.4 Å². The molecule has 32 heavy (non-hydrogen) atoms. The standard InChI is InChI=1S/C24H26N4O4/c1-13(2)20-21(22(30)19-11-14(3)10-15(4)25-19)28(24(32)27-23(20)31)12-17-6-8-18(9-7-17)26-16(5)29/h6-11,13H,12H2,1-5H3,(H,26,29)(H,27,31,32). The van der Waals surface area contributed by atoms with Crippen molar-refractivity contribution >= 4 is 17.4 Å². The summed E-state index contributed by atoms with van der Waals surface area (Å²) in [5.74, 6) is -0.957. The minimum Gasteiger partial charge on any atom is -0.326 e. The molecule has 0 aliphatic heterocycles. The molecule has 0 aliphatic carbocycles. The van der Waals surface area contributed by atoms with Crippen LogP contribution in [-0.4, -0.2) is 26.2 Å². The average Bonchev–Trinajstić information content (AvgIpc) is 2.69. The number of rotatable bonds is 6. The van der Waals surface area contributed by atoms with E-state index in [0.29, 0.717) is 11.4 Å². The van der Waals surface area contributed by atoms with Crippen LogP contribution in [-0.2, 0) is 11.3 Å². The Balaban J connectivity index is 2.16. The average molecular weight is 434 g/mol. The smallest absolute Gasteiger partial charge is 0.326 e. The Morgan fingerprint density at radius 1 is 1.09 bits per heavy atom. The van der Waals surface area contributed by atoms with E-state index in [1.165, 1.54) is 11.5 Å². The lowest BCUT2D eigenvalue weighted by Crippen LogP contribution is -2.38. The van der Waals surface area contributed by atoms with Gasteiger partial charge in [-0.2, -0.15) is 0 Å². The molecule has 0 aliphatic rings. The van der Waals surface area contributed by atoms with Gasteiger partial charge >= 0.3 is 5.69 Å². The highest BCUT2D eigenvalue weighted by Gasteiger charge is 2.25. The first-order chi connectivity index (χ1) is 15.1. The van der Waals surface area contributed by atoms with E-state index in [1.807, 2.05) is 13.0 Å². The number of carbonyl (C=O) groups excluding carboxylic acids is 2. The second-order valence-corrected chi connectivity index (χ2v) is 8.14. The van der Waals surface area contributed by atoms with E-state index in [4.69, 9.17) is 0 Å². The molecule has 1 aromatic carbocycles. The summed E-state index contributed by atoms with van der Waals surface area (Å²) in [5.41, 5.74) is 2.10. The van der Waals surface area contributed by atoms with Crippen LogP contribution < -0.4 is 16.6 Å². The number of benzene rings is 1. The number of pyridine rings is 1. The van der Waals surface area contributed by atoms with E-state index in [2.05, 4.69) is 15.3 Å². The van der Waals surface area contributed by atoms with Crippen LogP contribution in [0.25, 0.3) is 0 Å². The van der Waals surface area contributed by atoms with E-state index in [-0.39, 0.29) is 35.3 Å². The molecule has 0 fully saturated rings. The lowest BCUT2D eigenvalue weighted by atomic mass is 9.98. The zero-order valence-corrected chi connectivity index (χ0v) is 18.8. The molecule has 3 rings (SSSR count). The van der Waals surface area contributed by atoms with E-state index in [9.17, 15) is 19.2 Å². The molecule has 8 nitrogen and oxygen atoms in total. The Hall–Kier alpha value is -3.81. The van der Waals surface area contributed by atoms with Crippen molar-refractivity contribution in [3.8, 4) is 0 Å². The van der Waals surface area contributed by atoms with Gasteiger partial charge in [0.05, 0.1) is 6.54 Å². The van der Waals surface area contributed by atoms with Crippen LogP contribution >= 0.6 is 0 Å². The van der Waals surface area contributed by atoms with Crippen molar-refractivity contribution in [2.75, 3.05) is 5.32 Å². The van der Waals surface area contributed by atoms with Crippen molar-refractivity contribution in [1.29, 1.82) is 0 Å². The first kappa shape index (κ1) is 22.9. The van der Waals surface area contributed by atoms with Crippen molar-refractivity contribution in [2.45, 2.75) is 47.1 Å². The van der Waals surface area contributed by atoms with Crippen molar-refractivity contribution < 1.29 is 9.59 Å². The lowest BCUT2D eigenvalue weighted by molar-refractivity contribution is -0.114. The van der Waals surface area contributed by atoms with Gasteiger partial charge in [0.25, 0.3) is 5.56 Å². The van der Waals surface area contributed by atoms with Gasteiger partial charge in [0, 0.05) is 23.9 Å². The summed E-state index contributed by atoms with van der Waals surface area (Å²) in [6.07, 6.45) is 0. The largest absolute Gasteiger partial charge is 0.329 e. The zero-order valence-electron chi connectivity index (χ0n) is 18.8. The molecule has 2 heterocycles. The predicted octanol–water partition coefficient (Wildman–Crippen LogP) is 2.91. The number of carbonyl (C=O) groups is 2.